The van der Waals surface area contributed by atoms with Gasteiger partial charge in [0.1, 0.15) is 0 Å². The highest BCUT2D eigenvalue weighted by Gasteiger charge is 2.67. The fourth-order valence-corrected chi connectivity index (χ4v) is 6.84. The Kier molecular flexibility index (Phi) is 8.36. The van der Waals surface area contributed by atoms with E-state index in [1.165, 1.54) is 18.6 Å². The molecule has 1 N–H and O–H groups in total. The summed E-state index contributed by atoms with van der Waals surface area (Å²) in [5.41, 5.74) is 0.798. The van der Waals surface area contributed by atoms with Crippen molar-refractivity contribution in [1.82, 2.24) is 24.4 Å². The van der Waals surface area contributed by atoms with Gasteiger partial charge in [0.25, 0.3) is 10.0 Å². The molecule has 43 heavy (non-hydrogen) atoms. The third-order valence-corrected chi connectivity index (χ3v) is 9.99. The summed E-state index contributed by atoms with van der Waals surface area (Å²) in [5.74, 6) is -1.46. The van der Waals surface area contributed by atoms with Gasteiger partial charge in [0.05, 0.1) is 22.0 Å². The summed E-state index contributed by atoms with van der Waals surface area (Å²) in [5, 5.41) is 7.66. The Hall–Kier alpha value is -3.77. The van der Waals surface area contributed by atoms with Crippen LogP contribution < -0.4 is 5.32 Å². The Labute approximate surface area is 249 Å². The molecule has 4 aromatic rings. The lowest BCUT2D eigenvalue weighted by Crippen LogP contribution is -2.42. The van der Waals surface area contributed by atoms with Crippen molar-refractivity contribution in [2.75, 3.05) is 20.6 Å². The third kappa shape index (κ3) is 6.30. The quantitative estimate of drug-likeness (QED) is 0.254. The van der Waals surface area contributed by atoms with Crippen molar-refractivity contribution in [3.8, 4) is 0 Å². The second-order valence-corrected chi connectivity index (χ2v) is 13.3. The van der Waals surface area contributed by atoms with E-state index in [0.29, 0.717) is 22.9 Å². The molecule has 2 atom stereocenters. The van der Waals surface area contributed by atoms with Crippen molar-refractivity contribution in [2.24, 2.45) is 5.41 Å². The van der Waals surface area contributed by atoms with Crippen LogP contribution in [-0.4, -0.2) is 66.3 Å². The van der Waals surface area contributed by atoms with Crippen LogP contribution in [0.25, 0.3) is 10.9 Å². The average molecular weight is 614 g/mol. The number of amides is 1. The fourth-order valence-electron chi connectivity index (χ4n) is 5.56. The average Bonchev–Trinajstić information content (AvgIpc) is 3.67. The molecule has 0 spiro atoms. The molecule has 2 aromatic heterocycles. The number of likely N-dealkylation sites (N-methyl/N-ethyl adjacent to an activating group) is 1. The zero-order chi connectivity index (χ0) is 31.0. The van der Waals surface area contributed by atoms with E-state index in [9.17, 15) is 26.4 Å². The summed E-state index contributed by atoms with van der Waals surface area (Å²) in [4.78, 5) is 19.1. The highest BCUT2D eigenvalue weighted by atomic mass is 32.2. The smallest absolute Gasteiger partial charge is 0.355 e. The number of fused-ring (bicyclic) bond motifs is 1. The molecule has 0 radical (unpaired) electrons. The van der Waals surface area contributed by atoms with Crippen LogP contribution in [0.3, 0.4) is 0 Å². The molecule has 0 saturated heterocycles. The Morgan fingerprint density at radius 1 is 1.09 bits per heavy atom. The number of benzene rings is 2. The SMILES string of the molecule is Cc1ccc(S(=O)(=O)n2ncc3cc(C[C@@H](CNC(=O)C[C@@H](c4cccnc4)C4(C(F)(F)F)CC4)N(C)C)ccc32)cc1. The number of carbonyl (C=O) groups is 1. The van der Waals surface area contributed by atoms with E-state index in [0.717, 1.165) is 15.2 Å². The summed E-state index contributed by atoms with van der Waals surface area (Å²) in [6.45, 7) is 2.10. The molecule has 0 aliphatic heterocycles. The van der Waals surface area contributed by atoms with E-state index in [1.807, 2.05) is 38.1 Å². The zero-order valence-electron chi connectivity index (χ0n) is 24.2. The molecular weight excluding hydrogens is 579 g/mol. The molecule has 228 valence electrons. The number of hydrogen-bond acceptors (Lipinski definition) is 6. The van der Waals surface area contributed by atoms with Gasteiger partial charge in [0.2, 0.25) is 5.91 Å². The molecular formula is C31H34F3N5O3S. The van der Waals surface area contributed by atoms with Gasteiger partial charge in [-0.2, -0.15) is 30.8 Å². The van der Waals surface area contributed by atoms with Gasteiger partial charge in [-0.1, -0.05) is 29.8 Å². The van der Waals surface area contributed by atoms with Gasteiger partial charge in [0, 0.05) is 42.7 Å². The first kappa shape index (κ1) is 30.7. The number of hydrogen-bond donors (Lipinski definition) is 1. The van der Waals surface area contributed by atoms with Gasteiger partial charge in [0.15, 0.2) is 0 Å². The van der Waals surface area contributed by atoms with Crippen LogP contribution in [0.2, 0.25) is 0 Å². The largest absolute Gasteiger partial charge is 0.395 e. The van der Waals surface area contributed by atoms with Gasteiger partial charge < -0.3 is 10.2 Å². The van der Waals surface area contributed by atoms with E-state index in [1.54, 1.807) is 42.5 Å². The summed E-state index contributed by atoms with van der Waals surface area (Å²) in [7, 11) is -0.149. The van der Waals surface area contributed by atoms with Crippen LogP contribution in [0.1, 0.15) is 41.9 Å². The number of nitrogens with zero attached hydrogens (tertiary/aromatic N) is 4. The second kappa shape index (κ2) is 11.7. The molecule has 1 aliphatic carbocycles. The normalized spacial score (nSPS) is 16.3. The lowest BCUT2D eigenvalue weighted by molar-refractivity contribution is -0.194. The van der Waals surface area contributed by atoms with Crippen LogP contribution in [0.15, 0.2) is 78.1 Å². The summed E-state index contributed by atoms with van der Waals surface area (Å²) in [6, 6.07) is 15.0. The standard InChI is InChI=1S/C31H34F3N5O3S/c1-21-6-9-26(10-7-21)43(41,42)39-28-11-8-22(15-24(28)19-37-39)16-25(38(2)3)20-36-29(40)17-27(23-5-4-14-35-18-23)30(12-13-30)31(32,33)34/h4-11,14-15,18-19,25,27H,12-13,16-17,20H2,1-3H3,(H,36,40)/t25-,27-/m0/s1. The minimum atomic E-state index is -4.41. The number of carbonyl (C=O) groups excluding carboxylic acids is 1. The number of nitrogens with one attached hydrogen (secondary N) is 1. The Morgan fingerprint density at radius 2 is 1.81 bits per heavy atom. The maximum atomic E-state index is 14.0. The van der Waals surface area contributed by atoms with E-state index >= 15 is 0 Å². The van der Waals surface area contributed by atoms with Crippen LogP contribution in [0, 0.1) is 12.3 Å². The molecule has 8 nitrogen and oxygen atoms in total. The van der Waals surface area contributed by atoms with Crippen molar-refractivity contribution in [3.05, 3.63) is 89.9 Å². The van der Waals surface area contributed by atoms with Crippen LogP contribution >= 0.6 is 0 Å². The first-order valence-corrected chi connectivity index (χ1v) is 15.4. The lowest BCUT2D eigenvalue weighted by Gasteiger charge is -2.30. The van der Waals surface area contributed by atoms with Crippen LogP contribution in [-0.2, 0) is 21.2 Å². The van der Waals surface area contributed by atoms with Gasteiger partial charge in [-0.3, -0.25) is 9.78 Å². The van der Waals surface area contributed by atoms with Gasteiger partial charge in [-0.05, 0) is 81.7 Å². The van der Waals surface area contributed by atoms with E-state index in [2.05, 4.69) is 15.4 Å². The predicted molar refractivity (Wildman–Crippen MR) is 157 cm³/mol. The van der Waals surface area contributed by atoms with Crippen molar-refractivity contribution in [3.63, 3.8) is 0 Å². The van der Waals surface area contributed by atoms with Crippen molar-refractivity contribution in [1.29, 1.82) is 0 Å². The Morgan fingerprint density at radius 3 is 2.42 bits per heavy atom. The molecule has 2 aromatic carbocycles. The lowest BCUT2D eigenvalue weighted by atomic mass is 9.80. The highest BCUT2D eigenvalue weighted by molar-refractivity contribution is 7.90. The number of aromatic nitrogens is 3. The molecule has 2 heterocycles. The number of pyridine rings is 1. The minimum absolute atomic E-state index is 0.00492. The highest BCUT2D eigenvalue weighted by Crippen LogP contribution is 2.66. The number of rotatable bonds is 11. The third-order valence-electron chi connectivity index (χ3n) is 8.38. The molecule has 12 heteroatoms. The van der Waals surface area contributed by atoms with Crippen molar-refractivity contribution >= 4 is 26.8 Å². The summed E-state index contributed by atoms with van der Waals surface area (Å²) >= 11 is 0. The van der Waals surface area contributed by atoms with Crippen LogP contribution in [0.5, 0.6) is 0 Å². The predicted octanol–water partition coefficient (Wildman–Crippen LogP) is 5.08. The van der Waals surface area contributed by atoms with E-state index in [4.69, 9.17) is 0 Å². The molecule has 1 saturated carbocycles. The topological polar surface area (TPSA) is 97.2 Å². The number of alkyl halides is 3. The maximum absolute atomic E-state index is 14.0. The van der Waals surface area contributed by atoms with Crippen molar-refractivity contribution < 1.29 is 26.4 Å². The molecule has 0 bridgehead atoms. The number of halogens is 3. The summed E-state index contributed by atoms with van der Waals surface area (Å²) < 4.78 is 69.5. The molecule has 5 rings (SSSR count). The van der Waals surface area contributed by atoms with Gasteiger partial charge >= 0.3 is 6.18 Å². The van der Waals surface area contributed by atoms with Crippen molar-refractivity contribution in [2.45, 2.75) is 55.6 Å². The first-order chi connectivity index (χ1) is 20.3. The van der Waals surface area contributed by atoms with Gasteiger partial charge in [-0.15, -0.1) is 0 Å². The second-order valence-electron chi connectivity index (χ2n) is 11.5. The molecule has 1 amide bonds. The summed E-state index contributed by atoms with van der Waals surface area (Å²) in [6.07, 6.45) is 0.223. The zero-order valence-corrected chi connectivity index (χ0v) is 25.0. The Balaban J connectivity index is 1.28. The molecule has 1 fully saturated rings. The fraction of sp³-hybridized carbons (Fsp3) is 0.387. The minimum Gasteiger partial charge on any atom is -0.355 e. The monoisotopic (exact) mass is 613 g/mol. The molecule has 0 unspecified atom stereocenters. The van der Waals surface area contributed by atoms with E-state index in [-0.39, 0.29) is 36.7 Å². The van der Waals surface area contributed by atoms with Crippen LogP contribution in [0.4, 0.5) is 13.2 Å². The maximum Gasteiger partial charge on any atom is 0.395 e. The number of aryl methyl sites for hydroxylation is 1. The van der Waals surface area contributed by atoms with Gasteiger partial charge in [-0.25, -0.2) is 0 Å². The van der Waals surface area contributed by atoms with E-state index < -0.39 is 33.4 Å². The first-order valence-electron chi connectivity index (χ1n) is 14.0. The molecule has 1 aliphatic rings. The Bertz CT molecular complexity index is 1700.